The molecule has 1 unspecified atom stereocenters. The fourth-order valence-electron chi connectivity index (χ4n) is 2.64. The summed E-state index contributed by atoms with van der Waals surface area (Å²) in [6.07, 6.45) is -6.94. The quantitative estimate of drug-likeness (QED) is 0.524. The first-order chi connectivity index (χ1) is 10.3. The zero-order valence-corrected chi connectivity index (χ0v) is 12.3. The van der Waals surface area contributed by atoms with Gasteiger partial charge in [-0.2, -0.15) is 0 Å². The Bertz CT molecular complexity index is 520. The van der Waals surface area contributed by atoms with Crippen molar-refractivity contribution in [2.75, 3.05) is 7.11 Å². The standard InChI is InChI=1S/C15H20O7/c1-8-10(16)11(17)12(18)13(22-8)15(20,14(19)21-2)9-6-4-3-5-7-9/h3-8,10-13,16-18,20H,1-2H3/t8-,10+,11+,12-,13-,15?/m0/s1. The van der Waals surface area contributed by atoms with Crippen molar-refractivity contribution < 1.29 is 34.7 Å². The molecule has 2 rings (SSSR count). The van der Waals surface area contributed by atoms with Crippen LogP contribution in [0, 0.1) is 0 Å². The van der Waals surface area contributed by atoms with Gasteiger partial charge in [-0.25, -0.2) is 4.79 Å². The molecule has 0 bridgehead atoms. The monoisotopic (exact) mass is 312 g/mol. The van der Waals surface area contributed by atoms with E-state index in [2.05, 4.69) is 4.74 Å². The maximum atomic E-state index is 12.2. The van der Waals surface area contributed by atoms with Gasteiger partial charge in [0.25, 0.3) is 0 Å². The summed E-state index contributed by atoms with van der Waals surface area (Å²) in [5.41, 5.74) is -2.16. The molecule has 1 fully saturated rings. The molecule has 0 aromatic heterocycles. The Labute approximate surface area is 127 Å². The van der Waals surface area contributed by atoms with E-state index in [4.69, 9.17) is 4.74 Å². The third-order valence-electron chi connectivity index (χ3n) is 3.97. The molecule has 1 aromatic carbocycles. The number of carbonyl (C=O) groups is 1. The SMILES string of the molecule is COC(=O)C(O)(c1ccccc1)[C@H]1O[C@@H](C)[C@@H](O)[C@@H](O)[C@@H]1O. The summed E-state index contributed by atoms with van der Waals surface area (Å²) in [6, 6.07) is 7.87. The lowest BCUT2D eigenvalue weighted by molar-refractivity contribution is -0.265. The molecule has 1 aliphatic rings. The van der Waals surface area contributed by atoms with E-state index < -0.39 is 42.1 Å². The van der Waals surface area contributed by atoms with Crippen LogP contribution in [0.4, 0.5) is 0 Å². The van der Waals surface area contributed by atoms with Crippen LogP contribution in [0.5, 0.6) is 0 Å². The molecule has 122 valence electrons. The minimum atomic E-state index is -2.31. The number of carbonyl (C=O) groups excluding carboxylic acids is 1. The highest BCUT2D eigenvalue weighted by Crippen LogP contribution is 2.36. The van der Waals surface area contributed by atoms with Crippen LogP contribution in [-0.2, 0) is 19.9 Å². The molecule has 0 amide bonds. The molecule has 1 aromatic rings. The van der Waals surface area contributed by atoms with Crippen molar-refractivity contribution in [3.63, 3.8) is 0 Å². The molecule has 7 nitrogen and oxygen atoms in total. The van der Waals surface area contributed by atoms with Crippen molar-refractivity contribution in [3.8, 4) is 0 Å². The Morgan fingerprint density at radius 1 is 1.14 bits per heavy atom. The predicted octanol–water partition coefficient (Wildman–Crippen LogP) is -1.08. The average Bonchev–Trinajstić information content (AvgIpc) is 2.55. The molecule has 0 radical (unpaired) electrons. The molecule has 1 heterocycles. The van der Waals surface area contributed by atoms with Crippen molar-refractivity contribution in [3.05, 3.63) is 35.9 Å². The first-order valence-corrected chi connectivity index (χ1v) is 6.90. The summed E-state index contributed by atoms with van der Waals surface area (Å²) in [7, 11) is 1.10. The van der Waals surface area contributed by atoms with E-state index in [1.165, 1.54) is 19.1 Å². The highest BCUT2D eigenvalue weighted by molar-refractivity contribution is 5.82. The van der Waals surface area contributed by atoms with Gasteiger partial charge in [0.1, 0.15) is 24.4 Å². The Kier molecular flexibility index (Phi) is 4.84. The topological polar surface area (TPSA) is 116 Å². The van der Waals surface area contributed by atoms with Crippen molar-refractivity contribution in [1.29, 1.82) is 0 Å². The minimum absolute atomic E-state index is 0.154. The number of aliphatic hydroxyl groups is 4. The number of ether oxygens (including phenoxy) is 2. The van der Waals surface area contributed by atoms with E-state index in [1.54, 1.807) is 18.2 Å². The van der Waals surface area contributed by atoms with E-state index in [-0.39, 0.29) is 5.56 Å². The molecule has 0 saturated carbocycles. The van der Waals surface area contributed by atoms with Gasteiger partial charge < -0.3 is 29.9 Å². The average molecular weight is 312 g/mol. The molecule has 0 aliphatic carbocycles. The first kappa shape index (κ1) is 16.9. The second kappa shape index (κ2) is 6.31. The van der Waals surface area contributed by atoms with Gasteiger partial charge in [-0.3, -0.25) is 0 Å². The molecule has 0 spiro atoms. The number of hydrogen-bond acceptors (Lipinski definition) is 7. The van der Waals surface area contributed by atoms with Crippen LogP contribution in [0.2, 0.25) is 0 Å². The number of methoxy groups -OCH3 is 1. The molecule has 4 N–H and O–H groups in total. The van der Waals surface area contributed by atoms with Crippen LogP contribution >= 0.6 is 0 Å². The van der Waals surface area contributed by atoms with E-state index in [1.807, 2.05) is 0 Å². The van der Waals surface area contributed by atoms with Gasteiger partial charge in [0.2, 0.25) is 5.60 Å². The molecule has 6 atom stereocenters. The van der Waals surface area contributed by atoms with Crippen molar-refractivity contribution in [1.82, 2.24) is 0 Å². The van der Waals surface area contributed by atoms with E-state index in [0.29, 0.717) is 0 Å². The maximum absolute atomic E-state index is 12.2. The molecule has 1 saturated heterocycles. The van der Waals surface area contributed by atoms with Gasteiger partial charge in [-0.15, -0.1) is 0 Å². The van der Waals surface area contributed by atoms with Crippen LogP contribution in [0.1, 0.15) is 12.5 Å². The van der Waals surface area contributed by atoms with Gasteiger partial charge in [0.15, 0.2) is 0 Å². The maximum Gasteiger partial charge on any atom is 0.345 e. The lowest BCUT2D eigenvalue weighted by Crippen LogP contribution is -2.65. The summed E-state index contributed by atoms with van der Waals surface area (Å²) in [4.78, 5) is 12.2. The lowest BCUT2D eigenvalue weighted by Gasteiger charge is -2.45. The Balaban J connectivity index is 2.48. The third-order valence-corrected chi connectivity index (χ3v) is 3.97. The van der Waals surface area contributed by atoms with Gasteiger partial charge >= 0.3 is 5.97 Å². The van der Waals surface area contributed by atoms with Crippen molar-refractivity contribution in [2.45, 2.75) is 43.0 Å². The zero-order chi connectivity index (χ0) is 16.5. The second-order valence-corrected chi connectivity index (χ2v) is 5.36. The summed E-state index contributed by atoms with van der Waals surface area (Å²) in [5.74, 6) is -1.03. The highest BCUT2D eigenvalue weighted by Gasteiger charge is 2.56. The van der Waals surface area contributed by atoms with Gasteiger partial charge in [-0.05, 0) is 12.5 Å². The number of hydrogen-bond donors (Lipinski definition) is 4. The Hall–Kier alpha value is -1.51. The van der Waals surface area contributed by atoms with Gasteiger partial charge in [-0.1, -0.05) is 30.3 Å². The van der Waals surface area contributed by atoms with Crippen LogP contribution in [0.3, 0.4) is 0 Å². The lowest BCUT2D eigenvalue weighted by atomic mass is 9.80. The molecular weight excluding hydrogens is 292 g/mol. The van der Waals surface area contributed by atoms with Crippen LogP contribution < -0.4 is 0 Å². The summed E-state index contributed by atoms with van der Waals surface area (Å²) in [5, 5.41) is 40.7. The van der Waals surface area contributed by atoms with Crippen LogP contribution in [0.25, 0.3) is 0 Å². The first-order valence-electron chi connectivity index (χ1n) is 6.90. The molecular formula is C15H20O7. The normalized spacial score (nSPS) is 34.7. The Morgan fingerprint density at radius 3 is 2.27 bits per heavy atom. The molecule has 22 heavy (non-hydrogen) atoms. The van der Waals surface area contributed by atoms with E-state index in [0.717, 1.165) is 7.11 Å². The Morgan fingerprint density at radius 2 is 1.73 bits per heavy atom. The fraction of sp³-hybridized carbons (Fsp3) is 0.533. The molecule has 7 heteroatoms. The summed E-state index contributed by atoms with van der Waals surface area (Å²) in [6.45, 7) is 1.47. The van der Waals surface area contributed by atoms with Gasteiger partial charge in [0, 0.05) is 0 Å². The van der Waals surface area contributed by atoms with Crippen molar-refractivity contribution >= 4 is 5.97 Å². The van der Waals surface area contributed by atoms with Crippen molar-refractivity contribution in [2.24, 2.45) is 0 Å². The summed E-state index contributed by atoms with van der Waals surface area (Å²) >= 11 is 0. The number of esters is 1. The fourth-order valence-corrected chi connectivity index (χ4v) is 2.64. The van der Waals surface area contributed by atoms with Gasteiger partial charge in [0.05, 0.1) is 13.2 Å². The predicted molar refractivity (Wildman–Crippen MR) is 74.7 cm³/mol. The number of aliphatic hydroxyl groups excluding tert-OH is 3. The smallest absolute Gasteiger partial charge is 0.345 e. The van der Waals surface area contributed by atoms with Crippen LogP contribution in [0.15, 0.2) is 30.3 Å². The second-order valence-electron chi connectivity index (χ2n) is 5.36. The third kappa shape index (κ3) is 2.62. The largest absolute Gasteiger partial charge is 0.467 e. The highest BCUT2D eigenvalue weighted by atomic mass is 16.6. The summed E-state index contributed by atoms with van der Waals surface area (Å²) < 4.78 is 10.1. The van der Waals surface area contributed by atoms with Crippen LogP contribution in [-0.4, -0.2) is 64.0 Å². The number of rotatable bonds is 3. The zero-order valence-electron chi connectivity index (χ0n) is 12.3. The molecule has 1 aliphatic heterocycles. The van der Waals surface area contributed by atoms with E-state index in [9.17, 15) is 25.2 Å². The minimum Gasteiger partial charge on any atom is -0.467 e. The van der Waals surface area contributed by atoms with E-state index >= 15 is 0 Å². The number of benzene rings is 1.